The van der Waals surface area contributed by atoms with Gasteiger partial charge in [0.2, 0.25) is 21.8 Å². The van der Waals surface area contributed by atoms with Crippen molar-refractivity contribution in [2.75, 3.05) is 31.3 Å². The number of nitrogens with zero attached hydrogens (tertiary/aromatic N) is 2. The van der Waals surface area contributed by atoms with Crippen molar-refractivity contribution in [3.8, 4) is 11.5 Å². The number of hydrogen-bond donors (Lipinski definition) is 1. The molecule has 0 aliphatic heterocycles. The maximum Gasteiger partial charge on any atom is 0.244 e. The summed E-state index contributed by atoms with van der Waals surface area (Å²) in [6.45, 7) is 5.13. The molecule has 2 aromatic rings. The van der Waals surface area contributed by atoms with Crippen LogP contribution in [0.15, 0.2) is 48.5 Å². The van der Waals surface area contributed by atoms with E-state index in [4.69, 9.17) is 9.47 Å². The van der Waals surface area contributed by atoms with Crippen molar-refractivity contribution < 1.29 is 27.5 Å². The van der Waals surface area contributed by atoms with Gasteiger partial charge in [-0.05, 0) is 50.1 Å². The second-order valence-corrected chi connectivity index (χ2v) is 10.3. The van der Waals surface area contributed by atoms with Gasteiger partial charge in [-0.1, -0.05) is 31.2 Å². The summed E-state index contributed by atoms with van der Waals surface area (Å²) >= 11 is 0. The monoisotopic (exact) mass is 505 g/mol. The topological polar surface area (TPSA) is 105 Å². The van der Waals surface area contributed by atoms with Crippen molar-refractivity contribution in [1.29, 1.82) is 0 Å². The minimum Gasteiger partial charge on any atom is -0.497 e. The molecule has 1 N–H and O–H groups in total. The first-order valence-corrected chi connectivity index (χ1v) is 13.2. The van der Waals surface area contributed by atoms with Gasteiger partial charge in [0.15, 0.2) is 0 Å². The van der Waals surface area contributed by atoms with E-state index in [-0.39, 0.29) is 24.2 Å². The predicted octanol–water partition coefficient (Wildman–Crippen LogP) is 2.80. The minimum atomic E-state index is -3.84. The molecule has 192 valence electrons. The quantitative estimate of drug-likeness (QED) is 0.476. The van der Waals surface area contributed by atoms with Crippen molar-refractivity contribution in [2.45, 2.75) is 45.8 Å². The zero-order valence-corrected chi connectivity index (χ0v) is 22.0. The number of para-hydroxylation sites is 2. The Balaban J connectivity index is 2.47. The van der Waals surface area contributed by atoms with E-state index < -0.39 is 28.5 Å². The zero-order chi connectivity index (χ0) is 26.2. The van der Waals surface area contributed by atoms with Gasteiger partial charge in [-0.25, -0.2) is 8.42 Å². The van der Waals surface area contributed by atoms with Gasteiger partial charge in [0.1, 0.15) is 24.1 Å². The summed E-state index contributed by atoms with van der Waals surface area (Å²) < 4.78 is 37.0. The number of methoxy groups -OCH3 is 2. The van der Waals surface area contributed by atoms with Crippen molar-refractivity contribution in [1.82, 2.24) is 10.2 Å². The fourth-order valence-electron chi connectivity index (χ4n) is 3.66. The molecule has 9 nitrogen and oxygen atoms in total. The molecular formula is C25H35N3O6S. The minimum absolute atomic E-state index is 0.115. The van der Waals surface area contributed by atoms with E-state index in [1.165, 1.54) is 12.0 Å². The third-order valence-corrected chi connectivity index (χ3v) is 6.49. The average molecular weight is 506 g/mol. The Hall–Kier alpha value is -3.27. The highest BCUT2D eigenvalue weighted by molar-refractivity contribution is 7.92. The van der Waals surface area contributed by atoms with Gasteiger partial charge in [0.05, 0.1) is 26.2 Å². The summed E-state index contributed by atoms with van der Waals surface area (Å²) in [5.41, 5.74) is 1.02. The number of nitrogens with one attached hydrogen (secondary N) is 1. The van der Waals surface area contributed by atoms with Crippen LogP contribution in [0.25, 0.3) is 0 Å². The number of amides is 2. The van der Waals surface area contributed by atoms with Crippen molar-refractivity contribution in [2.24, 2.45) is 0 Å². The number of ether oxygens (including phenoxy) is 2. The number of rotatable bonds is 12. The molecule has 0 radical (unpaired) electrons. The molecule has 0 unspecified atom stereocenters. The molecule has 0 aliphatic carbocycles. The van der Waals surface area contributed by atoms with Crippen LogP contribution in [0.2, 0.25) is 0 Å². The molecule has 2 amide bonds. The molecule has 0 saturated heterocycles. The predicted molar refractivity (Wildman–Crippen MR) is 136 cm³/mol. The Morgan fingerprint density at radius 1 is 1.00 bits per heavy atom. The summed E-state index contributed by atoms with van der Waals surface area (Å²) in [5.74, 6) is 0.170. The van der Waals surface area contributed by atoms with Gasteiger partial charge in [-0.2, -0.15) is 0 Å². The van der Waals surface area contributed by atoms with Crippen LogP contribution in [0.4, 0.5) is 5.69 Å². The first-order chi connectivity index (χ1) is 16.5. The molecule has 0 fully saturated rings. The van der Waals surface area contributed by atoms with E-state index in [2.05, 4.69) is 5.32 Å². The van der Waals surface area contributed by atoms with Crippen molar-refractivity contribution in [3.05, 3.63) is 54.1 Å². The van der Waals surface area contributed by atoms with Gasteiger partial charge in [-0.15, -0.1) is 0 Å². The molecule has 0 aromatic heterocycles. The first-order valence-electron chi connectivity index (χ1n) is 11.3. The lowest BCUT2D eigenvalue weighted by atomic mass is 10.1. The molecule has 0 bridgehead atoms. The molecular weight excluding hydrogens is 470 g/mol. The molecule has 10 heteroatoms. The van der Waals surface area contributed by atoms with Crippen LogP contribution in [-0.4, -0.2) is 64.2 Å². The van der Waals surface area contributed by atoms with Crippen molar-refractivity contribution >= 4 is 27.5 Å². The lowest BCUT2D eigenvalue weighted by molar-refractivity contribution is -0.140. The molecule has 0 saturated carbocycles. The first kappa shape index (κ1) is 28.0. The number of carbonyl (C=O) groups excluding carboxylic acids is 2. The van der Waals surface area contributed by atoms with E-state index in [0.717, 1.165) is 16.1 Å². The smallest absolute Gasteiger partial charge is 0.244 e. The number of carbonyl (C=O) groups is 2. The standard InChI is InChI=1S/C25H35N3O6S/c1-7-21(25(30)26-18(2)3)27(16-19-12-14-20(33-4)15-13-19)24(29)17-28(35(6,31)32)22-10-8-9-11-23(22)34-5/h8-15,18,21H,7,16-17H2,1-6H3,(H,26,30)/t21-/m1/s1. The molecule has 0 spiro atoms. The van der Waals surface area contributed by atoms with E-state index in [1.54, 1.807) is 55.6 Å². The molecule has 35 heavy (non-hydrogen) atoms. The number of hydrogen-bond acceptors (Lipinski definition) is 6. The van der Waals surface area contributed by atoms with E-state index in [9.17, 15) is 18.0 Å². The Bertz CT molecular complexity index is 1100. The lowest BCUT2D eigenvalue weighted by Gasteiger charge is -2.33. The zero-order valence-electron chi connectivity index (χ0n) is 21.1. The van der Waals surface area contributed by atoms with Gasteiger partial charge in [-0.3, -0.25) is 13.9 Å². The third-order valence-electron chi connectivity index (χ3n) is 5.36. The van der Waals surface area contributed by atoms with Gasteiger partial charge < -0.3 is 19.7 Å². The van der Waals surface area contributed by atoms with Crippen molar-refractivity contribution in [3.63, 3.8) is 0 Å². The highest BCUT2D eigenvalue weighted by Gasteiger charge is 2.32. The second-order valence-electron chi connectivity index (χ2n) is 8.40. The van der Waals surface area contributed by atoms with Crippen LogP contribution in [0.3, 0.4) is 0 Å². The second kappa shape index (κ2) is 12.4. The molecule has 0 heterocycles. The lowest BCUT2D eigenvalue weighted by Crippen LogP contribution is -2.53. The molecule has 1 atom stereocenters. The molecule has 2 rings (SSSR count). The van der Waals surface area contributed by atoms with Crippen LogP contribution < -0.4 is 19.1 Å². The number of anilines is 1. The Labute approximate surface area is 208 Å². The normalized spacial score (nSPS) is 12.1. The summed E-state index contributed by atoms with van der Waals surface area (Å²) in [7, 11) is -0.852. The van der Waals surface area contributed by atoms with E-state index >= 15 is 0 Å². The van der Waals surface area contributed by atoms with Crippen LogP contribution >= 0.6 is 0 Å². The maximum absolute atomic E-state index is 13.7. The highest BCUT2D eigenvalue weighted by Crippen LogP contribution is 2.29. The van der Waals surface area contributed by atoms with Crippen LogP contribution in [0.1, 0.15) is 32.8 Å². The van der Waals surface area contributed by atoms with Crippen LogP contribution in [-0.2, 0) is 26.2 Å². The molecule has 2 aromatic carbocycles. The van der Waals surface area contributed by atoms with Crippen LogP contribution in [0, 0.1) is 0 Å². The number of benzene rings is 2. The van der Waals surface area contributed by atoms with E-state index in [0.29, 0.717) is 17.9 Å². The maximum atomic E-state index is 13.7. The van der Waals surface area contributed by atoms with E-state index in [1.807, 2.05) is 20.8 Å². The molecule has 0 aliphatic rings. The summed E-state index contributed by atoms with van der Waals surface area (Å²) in [6, 6.07) is 12.8. The Morgan fingerprint density at radius 2 is 1.63 bits per heavy atom. The SMILES string of the molecule is CC[C@H](C(=O)NC(C)C)N(Cc1ccc(OC)cc1)C(=O)CN(c1ccccc1OC)S(C)(=O)=O. The Morgan fingerprint density at radius 3 is 2.14 bits per heavy atom. The Kier molecular flexibility index (Phi) is 9.94. The largest absolute Gasteiger partial charge is 0.497 e. The number of sulfonamides is 1. The fourth-order valence-corrected chi connectivity index (χ4v) is 4.51. The highest BCUT2D eigenvalue weighted by atomic mass is 32.2. The fraction of sp³-hybridized carbons (Fsp3) is 0.440. The summed E-state index contributed by atoms with van der Waals surface area (Å²) in [5, 5.41) is 2.86. The van der Waals surface area contributed by atoms with Gasteiger partial charge >= 0.3 is 0 Å². The van der Waals surface area contributed by atoms with Gasteiger partial charge in [0.25, 0.3) is 0 Å². The third kappa shape index (κ3) is 7.61. The van der Waals surface area contributed by atoms with Gasteiger partial charge in [0, 0.05) is 12.6 Å². The average Bonchev–Trinajstić information content (AvgIpc) is 2.81. The van der Waals surface area contributed by atoms with Crippen LogP contribution in [0.5, 0.6) is 11.5 Å². The summed E-state index contributed by atoms with van der Waals surface area (Å²) in [4.78, 5) is 28.1. The summed E-state index contributed by atoms with van der Waals surface area (Å²) in [6.07, 6.45) is 1.39.